The predicted molar refractivity (Wildman–Crippen MR) is 156 cm³/mol. The molecule has 0 radical (unpaired) electrons. The number of alkyl halides is 3. The molecule has 4 aromatic rings. The zero-order valence-corrected chi connectivity index (χ0v) is 24.2. The third kappa shape index (κ3) is 6.17. The Morgan fingerprint density at radius 3 is 2.26 bits per heavy atom. The Balaban J connectivity index is 0.00000207. The molecule has 1 aliphatic rings. The fourth-order valence-corrected chi connectivity index (χ4v) is 5.20. The SMILES string of the molecule is CC.CCN1C(=O)C(NC(=O)c2cccc(C(F)(F)F)c2)C(c2ccc(F)cc2)c2c(C(C)N)nn(-c3ccccc3)c21. The van der Waals surface area contributed by atoms with E-state index >= 15 is 0 Å². The second-order valence-electron chi connectivity index (χ2n) is 9.80. The standard InChI is InChI=1S/C30H27F4N5O2.C2H6/c1-3-38-28-24(25(17(2)35)37-39(28)22-10-5-4-6-11-22)23(18-12-14-21(31)15-13-18)26(29(38)41)36-27(40)19-8-7-9-20(16-19)30(32,33)34;1-2/h4-17,23,26H,3,35H2,1-2H3,(H,36,40);1-2H3. The smallest absolute Gasteiger partial charge is 0.339 e. The average molecular weight is 596 g/mol. The van der Waals surface area contributed by atoms with Crippen molar-refractivity contribution in [3.8, 4) is 5.69 Å². The van der Waals surface area contributed by atoms with Crippen LogP contribution in [0.3, 0.4) is 0 Å². The van der Waals surface area contributed by atoms with Gasteiger partial charge in [0.2, 0.25) is 0 Å². The fraction of sp³-hybridized carbons (Fsp3) is 0.281. The van der Waals surface area contributed by atoms with Crippen LogP contribution in [0.5, 0.6) is 0 Å². The highest BCUT2D eigenvalue weighted by Gasteiger charge is 2.46. The van der Waals surface area contributed by atoms with Crippen molar-refractivity contribution < 1.29 is 27.2 Å². The number of para-hydroxylation sites is 1. The quantitative estimate of drug-likeness (QED) is 0.253. The summed E-state index contributed by atoms with van der Waals surface area (Å²) in [6, 6.07) is 16.8. The first-order chi connectivity index (χ1) is 20.5. The van der Waals surface area contributed by atoms with Gasteiger partial charge in [0, 0.05) is 29.6 Å². The molecule has 0 bridgehead atoms. The van der Waals surface area contributed by atoms with Crippen LogP contribution >= 0.6 is 0 Å². The van der Waals surface area contributed by atoms with Crippen molar-refractivity contribution in [1.82, 2.24) is 15.1 Å². The number of carbonyl (C=O) groups is 2. The van der Waals surface area contributed by atoms with Gasteiger partial charge in [-0.1, -0.05) is 50.2 Å². The Labute approximate surface area is 247 Å². The lowest BCUT2D eigenvalue weighted by atomic mass is 9.80. The van der Waals surface area contributed by atoms with Crippen molar-refractivity contribution in [2.24, 2.45) is 5.73 Å². The van der Waals surface area contributed by atoms with Crippen LogP contribution in [-0.2, 0) is 11.0 Å². The lowest BCUT2D eigenvalue weighted by Gasteiger charge is -2.38. The molecule has 2 amide bonds. The van der Waals surface area contributed by atoms with Crippen LogP contribution < -0.4 is 16.0 Å². The zero-order chi connectivity index (χ0) is 31.5. The molecule has 5 rings (SSSR count). The van der Waals surface area contributed by atoms with Gasteiger partial charge in [-0.15, -0.1) is 0 Å². The van der Waals surface area contributed by atoms with Crippen LogP contribution in [0, 0.1) is 5.82 Å². The molecule has 2 heterocycles. The topological polar surface area (TPSA) is 93.2 Å². The molecule has 11 heteroatoms. The van der Waals surface area contributed by atoms with Crippen molar-refractivity contribution >= 4 is 17.6 Å². The van der Waals surface area contributed by atoms with E-state index in [1.54, 1.807) is 18.5 Å². The molecule has 1 aliphatic heterocycles. The second kappa shape index (κ2) is 12.8. The van der Waals surface area contributed by atoms with E-state index in [4.69, 9.17) is 10.8 Å². The summed E-state index contributed by atoms with van der Waals surface area (Å²) < 4.78 is 55.6. The van der Waals surface area contributed by atoms with Crippen LogP contribution in [0.25, 0.3) is 5.69 Å². The molecule has 43 heavy (non-hydrogen) atoms. The summed E-state index contributed by atoms with van der Waals surface area (Å²) >= 11 is 0. The van der Waals surface area contributed by atoms with Gasteiger partial charge < -0.3 is 11.1 Å². The number of hydrogen-bond donors (Lipinski definition) is 2. The minimum atomic E-state index is -4.65. The van der Waals surface area contributed by atoms with E-state index in [9.17, 15) is 27.2 Å². The lowest BCUT2D eigenvalue weighted by molar-refractivity contribution is -0.137. The van der Waals surface area contributed by atoms with Gasteiger partial charge >= 0.3 is 6.18 Å². The number of anilines is 1. The molecule has 0 saturated carbocycles. The summed E-state index contributed by atoms with van der Waals surface area (Å²) in [6.45, 7) is 7.71. The highest BCUT2D eigenvalue weighted by atomic mass is 19.4. The third-order valence-electron chi connectivity index (χ3n) is 7.07. The maximum atomic E-state index is 14.1. The van der Waals surface area contributed by atoms with E-state index in [-0.39, 0.29) is 12.1 Å². The summed E-state index contributed by atoms with van der Waals surface area (Å²) in [4.78, 5) is 28.9. The number of hydrogen-bond acceptors (Lipinski definition) is 4. The van der Waals surface area contributed by atoms with Gasteiger partial charge in [0.15, 0.2) is 0 Å². The van der Waals surface area contributed by atoms with E-state index in [1.165, 1.54) is 35.2 Å². The van der Waals surface area contributed by atoms with E-state index in [2.05, 4.69) is 5.32 Å². The maximum Gasteiger partial charge on any atom is 0.416 e. The highest BCUT2D eigenvalue weighted by Crippen LogP contribution is 2.45. The van der Waals surface area contributed by atoms with E-state index in [1.807, 2.05) is 44.2 Å². The predicted octanol–water partition coefficient (Wildman–Crippen LogP) is 6.37. The van der Waals surface area contributed by atoms with Gasteiger partial charge in [0.05, 0.1) is 16.9 Å². The van der Waals surface area contributed by atoms with E-state index in [0.29, 0.717) is 28.3 Å². The van der Waals surface area contributed by atoms with Crippen molar-refractivity contribution in [3.05, 3.63) is 113 Å². The number of nitrogens with two attached hydrogens (primary N) is 1. The van der Waals surface area contributed by atoms with Gasteiger partial charge in [0.1, 0.15) is 17.7 Å². The van der Waals surface area contributed by atoms with Gasteiger partial charge in [-0.25, -0.2) is 9.07 Å². The summed E-state index contributed by atoms with van der Waals surface area (Å²) in [5.41, 5.74) is 7.32. The Hall–Kier alpha value is -4.51. The second-order valence-corrected chi connectivity index (χ2v) is 9.80. The number of aromatic nitrogens is 2. The first kappa shape index (κ1) is 31.4. The molecule has 0 aliphatic carbocycles. The molecule has 0 saturated heterocycles. The largest absolute Gasteiger partial charge is 0.416 e. The minimum absolute atomic E-state index is 0.203. The summed E-state index contributed by atoms with van der Waals surface area (Å²) in [5, 5.41) is 7.46. The molecule has 0 spiro atoms. The average Bonchev–Trinajstić information content (AvgIpc) is 3.40. The number of benzene rings is 3. The third-order valence-corrected chi connectivity index (χ3v) is 7.07. The lowest BCUT2D eigenvalue weighted by Crippen LogP contribution is -2.55. The van der Waals surface area contributed by atoms with E-state index < -0.39 is 47.4 Å². The Morgan fingerprint density at radius 1 is 1.02 bits per heavy atom. The maximum absolute atomic E-state index is 14.1. The molecule has 3 atom stereocenters. The normalized spacial score (nSPS) is 17.0. The van der Waals surface area contributed by atoms with Crippen LogP contribution in [0.2, 0.25) is 0 Å². The highest BCUT2D eigenvalue weighted by molar-refractivity contribution is 6.05. The Bertz CT molecular complexity index is 1580. The number of nitrogens with zero attached hydrogens (tertiary/aromatic N) is 3. The van der Waals surface area contributed by atoms with Crippen LogP contribution in [0.1, 0.15) is 72.4 Å². The van der Waals surface area contributed by atoms with Gasteiger partial charge in [-0.3, -0.25) is 14.5 Å². The van der Waals surface area contributed by atoms with Crippen LogP contribution in [0.4, 0.5) is 23.4 Å². The summed E-state index contributed by atoms with van der Waals surface area (Å²) in [6.07, 6.45) is -4.65. The van der Waals surface area contributed by atoms with Crippen molar-refractivity contribution in [1.29, 1.82) is 0 Å². The van der Waals surface area contributed by atoms with E-state index in [0.717, 1.165) is 18.2 Å². The first-order valence-corrected chi connectivity index (χ1v) is 14.0. The summed E-state index contributed by atoms with van der Waals surface area (Å²) in [5.74, 6) is -2.27. The fourth-order valence-electron chi connectivity index (χ4n) is 5.20. The van der Waals surface area contributed by atoms with Gasteiger partial charge in [-0.05, 0) is 61.9 Å². The Kier molecular flexibility index (Phi) is 9.34. The van der Waals surface area contributed by atoms with Crippen molar-refractivity contribution in [2.75, 3.05) is 11.4 Å². The molecule has 0 fully saturated rings. The molecule has 3 aromatic carbocycles. The number of carbonyl (C=O) groups excluding carboxylic acids is 2. The number of nitrogens with one attached hydrogen (secondary N) is 1. The molecule has 3 N–H and O–H groups in total. The molecule has 7 nitrogen and oxygen atoms in total. The molecule has 1 aromatic heterocycles. The number of rotatable bonds is 6. The number of amides is 2. The van der Waals surface area contributed by atoms with Crippen LogP contribution in [-0.4, -0.2) is 34.2 Å². The monoisotopic (exact) mass is 595 g/mol. The number of halogens is 4. The van der Waals surface area contributed by atoms with Gasteiger partial charge in [0.25, 0.3) is 11.8 Å². The minimum Gasteiger partial charge on any atom is -0.339 e. The van der Waals surface area contributed by atoms with Crippen LogP contribution in [0.15, 0.2) is 78.9 Å². The summed E-state index contributed by atoms with van der Waals surface area (Å²) in [7, 11) is 0. The first-order valence-electron chi connectivity index (χ1n) is 14.0. The van der Waals surface area contributed by atoms with Crippen molar-refractivity contribution in [2.45, 2.75) is 51.9 Å². The Morgan fingerprint density at radius 2 is 1.67 bits per heavy atom. The molecule has 226 valence electrons. The van der Waals surface area contributed by atoms with Gasteiger partial charge in [-0.2, -0.15) is 18.3 Å². The molecular formula is C32H33F4N5O2. The molecular weight excluding hydrogens is 562 g/mol. The van der Waals surface area contributed by atoms with Crippen molar-refractivity contribution in [3.63, 3.8) is 0 Å². The zero-order valence-electron chi connectivity index (χ0n) is 24.2. The molecule has 3 unspecified atom stereocenters. The number of fused-ring (bicyclic) bond motifs is 1. The number of likely N-dealkylation sites (N-methyl/N-ethyl adjacent to an activating group) is 1.